The maximum atomic E-state index is 11.8. The molecule has 0 atom stereocenters. The number of nitrogen functional groups attached to an aromatic ring is 1. The molecule has 4 N–H and O–H groups in total. The summed E-state index contributed by atoms with van der Waals surface area (Å²) in [6, 6.07) is 14.1. The van der Waals surface area contributed by atoms with E-state index in [0.717, 1.165) is 5.56 Å². The highest BCUT2D eigenvalue weighted by Gasteiger charge is 2.07. The van der Waals surface area contributed by atoms with E-state index in [1.807, 2.05) is 30.3 Å². The fourth-order valence-corrected chi connectivity index (χ4v) is 1.57. The van der Waals surface area contributed by atoms with Crippen LogP contribution in [0, 0.1) is 0 Å². The molecule has 4 nitrogen and oxygen atoms in total. The van der Waals surface area contributed by atoms with Gasteiger partial charge in [-0.15, -0.1) is 0 Å². The van der Waals surface area contributed by atoms with Crippen molar-refractivity contribution in [2.45, 2.75) is 6.54 Å². The van der Waals surface area contributed by atoms with E-state index in [1.54, 1.807) is 6.07 Å². The molecular formula is C14H14N2O2. The highest BCUT2D eigenvalue weighted by Crippen LogP contribution is 2.20. The van der Waals surface area contributed by atoms with Gasteiger partial charge in [-0.2, -0.15) is 0 Å². The van der Waals surface area contributed by atoms with E-state index in [1.165, 1.54) is 12.1 Å². The fourth-order valence-electron chi connectivity index (χ4n) is 1.57. The molecule has 18 heavy (non-hydrogen) atoms. The number of hydrogen-bond acceptors (Lipinski definition) is 3. The molecule has 4 heteroatoms. The molecule has 0 aliphatic rings. The third-order valence-electron chi connectivity index (χ3n) is 2.59. The zero-order valence-corrected chi connectivity index (χ0v) is 9.76. The second-order valence-corrected chi connectivity index (χ2v) is 3.94. The van der Waals surface area contributed by atoms with E-state index in [0.29, 0.717) is 12.1 Å². The van der Waals surface area contributed by atoms with Crippen LogP contribution in [0.25, 0.3) is 0 Å². The zero-order valence-electron chi connectivity index (χ0n) is 9.76. The summed E-state index contributed by atoms with van der Waals surface area (Å²) < 4.78 is 0. The number of nitrogens with one attached hydrogen (secondary N) is 1. The summed E-state index contributed by atoms with van der Waals surface area (Å²) in [5.41, 5.74) is 7.14. The van der Waals surface area contributed by atoms with Crippen LogP contribution in [0.4, 0.5) is 5.69 Å². The molecular weight excluding hydrogens is 228 g/mol. The number of hydrogen-bond donors (Lipinski definition) is 3. The average molecular weight is 242 g/mol. The minimum absolute atomic E-state index is 0.0811. The SMILES string of the molecule is Nc1ccc(C(=O)NCc2ccccc2)cc1O. The van der Waals surface area contributed by atoms with Crippen molar-refractivity contribution in [2.24, 2.45) is 0 Å². The van der Waals surface area contributed by atoms with Crippen LogP contribution >= 0.6 is 0 Å². The van der Waals surface area contributed by atoms with E-state index in [4.69, 9.17) is 5.73 Å². The number of benzene rings is 2. The molecule has 2 aromatic carbocycles. The van der Waals surface area contributed by atoms with Crippen LogP contribution in [0.2, 0.25) is 0 Å². The molecule has 0 aliphatic carbocycles. The third kappa shape index (κ3) is 2.79. The van der Waals surface area contributed by atoms with E-state index in [-0.39, 0.29) is 17.3 Å². The van der Waals surface area contributed by atoms with Crippen LogP contribution in [0.1, 0.15) is 15.9 Å². The van der Waals surface area contributed by atoms with E-state index >= 15 is 0 Å². The van der Waals surface area contributed by atoms with E-state index in [9.17, 15) is 9.90 Å². The van der Waals surface area contributed by atoms with Gasteiger partial charge in [-0.25, -0.2) is 0 Å². The van der Waals surface area contributed by atoms with Crippen molar-refractivity contribution >= 4 is 11.6 Å². The highest BCUT2D eigenvalue weighted by molar-refractivity contribution is 5.95. The normalized spacial score (nSPS) is 10.0. The minimum Gasteiger partial charge on any atom is -0.506 e. The number of rotatable bonds is 3. The summed E-state index contributed by atoms with van der Waals surface area (Å²) >= 11 is 0. The number of carbonyl (C=O) groups is 1. The Bertz CT molecular complexity index is 553. The molecule has 2 rings (SSSR count). The first-order chi connectivity index (χ1) is 8.66. The number of aromatic hydroxyl groups is 1. The second kappa shape index (κ2) is 5.23. The molecule has 0 unspecified atom stereocenters. The average Bonchev–Trinajstić information content (AvgIpc) is 2.40. The zero-order chi connectivity index (χ0) is 13.0. The van der Waals surface area contributed by atoms with Crippen molar-refractivity contribution in [2.75, 3.05) is 5.73 Å². The summed E-state index contributed by atoms with van der Waals surface area (Å²) in [5, 5.41) is 12.2. The second-order valence-electron chi connectivity index (χ2n) is 3.94. The summed E-state index contributed by atoms with van der Waals surface area (Å²) in [5.74, 6) is -0.323. The fraction of sp³-hybridized carbons (Fsp3) is 0.0714. The number of carbonyl (C=O) groups excluding carboxylic acids is 1. The Kier molecular flexibility index (Phi) is 3.48. The molecule has 0 aliphatic heterocycles. The minimum atomic E-state index is -0.242. The topological polar surface area (TPSA) is 75.4 Å². The lowest BCUT2D eigenvalue weighted by atomic mass is 10.1. The van der Waals surface area contributed by atoms with Crippen molar-refractivity contribution in [1.29, 1.82) is 0 Å². The van der Waals surface area contributed by atoms with Crippen LogP contribution < -0.4 is 11.1 Å². The Balaban J connectivity index is 2.02. The quantitative estimate of drug-likeness (QED) is 0.568. The smallest absolute Gasteiger partial charge is 0.251 e. The van der Waals surface area contributed by atoms with Gasteiger partial charge < -0.3 is 16.2 Å². The van der Waals surface area contributed by atoms with E-state index in [2.05, 4.69) is 5.32 Å². The van der Waals surface area contributed by atoms with Gasteiger partial charge in [0.2, 0.25) is 0 Å². The lowest BCUT2D eigenvalue weighted by Crippen LogP contribution is -2.22. The Morgan fingerprint density at radius 3 is 2.56 bits per heavy atom. The van der Waals surface area contributed by atoms with Gasteiger partial charge in [-0.3, -0.25) is 4.79 Å². The van der Waals surface area contributed by atoms with Crippen molar-refractivity contribution in [3.05, 3.63) is 59.7 Å². The maximum absolute atomic E-state index is 11.8. The number of phenolic OH excluding ortho intramolecular Hbond substituents is 1. The number of amides is 1. The molecule has 0 spiro atoms. The number of anilines is 1. The highest BCUT2D eigenvalue weighted by atomic mass is 16.3. The predicted molar refractivity (Wildman–Crippen MR) is 70.1 cm³/mol. The Morgan fingerprint density at radius 1 is 1.17 bits per heavy atom. The van der Waals surface area contributed by atoms with Crippen molar-refractivity contribution in [1.82, 2.24) is 5.32 Å². The largest absolute Gasteiger partial charge is 0.506 e. The van der Waals surface area contributed by atoms with Gasteiger partial charge >= 0.3 is 0 Å². The van der Waals surface area contributed by atoms with Crippen LogP contribution in [-0.2, 0) is 6.54 Å². The van der Waals surface area contributed by atoms with Gasteiger partial charge in [0.05, 0.1) is 5.69 Å². The summed E-state index contributed by atoms with van der Waals surface area (Å²) in [6.45, 7) is 0.449. The summed E-state index contributed by atoms with van der Waals surface area (Å²) in [4.78, 5) is 11.8. The number of phenols is 1. The summed E-state index contributed by atoms with van der Waals surface area (Å²) in [6.07, 6.45) is 0. The molecule has 1 amide bonds. The van der Waals surface area contributed by atoms with Crippen LogP contribution in [0.5, 0.6) is 5.75 Å². The van der Waals surface area contributed by atoms with Gasteiger partial charge in [0.15, 0.2) is 0 Å². The van der Waals surface area contributed by atoms with Crippen molar-refractivity contribution < 1.29 is 9.90 Å². The molecule has 0 fully saturated rings. The van der Waals surface area contributed by atoms with Crippen molar-refractivity contribution in [3.8, 4) is 5.75 Å². The number of nitrogens with two attached hydrogens (primary N) is 1. The van der Waals surface area contributed by atoms with Crippen molar-refractivity contribution in [3.63, 3.8) is 0 Å². The Morgan fingerprint density at radius 2 is 1.89 bits per heavy atom. The van der Waals surface area contributed by atoms with Gasteiger partial charge in [-0.05, 0) is 23.8 Å². The molecule has 0 saturated heterocycles. The molecule has 92 valence electrons. The van der Waals surface area contributed by atoms with Gasteiger partial charge in [0, 0.05) is 12.1 Å². The van der Waals surface area contributed by atoms with Gasteiger partial charge in [0.1, 0.15) is 5.75 Å². The van der Waals surface area contributed by atoms with Crippen LogP contribution in [0.3, 0.4) is 0 Å². The summed E-state index contributed by atoms with van der Waals surface area (Å²) in [7, 11) is 0. The first-order valence-electron chi connectivity index (χ1n) is 5.57. The van der Waals surface area contributed by atoms with E-state index < -0.39 is 0 Å². The molecule has 0 aromatic heterocycles. The maximum Gasteiger partial charge on any atom is 0.251 e. The molecule has 0 radical (unpaired) electrons. The lowest BCUT2D eigenvalue weighted by molar-refractivity contribution is 0.0950. The standard InChI is InChI=1S/C14H14N2O2/c15-12-7-6-11(8-13(12)17)14(18)16-9-10-4-2-1-3-5-10/h1-8,17H,9,15H2,(H,16,18). The lowest BCUT2D eigenvalue weighted by Gasteiger charge is -2.06. The first-order valence-corrected chi connectivity index (χ1v) is 5.57. The monoisotopic (exact) mass is 242 g/mol. The molecule has 2 aromatic rings. The molecule has 0 heterocycles. The third-order valence-corrected chi connectivity index (χ3v) is 2.59. The van der Waals surface area contributed by atoms with Gasteiger partial charge in [-0.1, -0.05) is 30.3 Å². The molecule has 0 bridgehead atoms. The first kappa shape index (κ1) is 12.0. The Hall–Kier alpha value is -2.49. The molecule has 0 saturated carbocycles. The Labute approximate surface area is 105 Å². The van der Waals surface area contributed by atoms with Crippen LogP contribution in [0.15, 0.2) is 48.5 Å². The van der Waals surface area contributed by atoms with Gasteiger partial charge in [0.25, 0.3) is 5.91 Å². The van der Waals surface area contributed by atoms with Crippen LogP contribution in [-0.4, -0.2) is 11.0 Å². The predicted octanol–water partition coefficient (Wildman–Crippen LogP) is 1.90.